The van der Waals surface area contributed by atoms with Crippen LogP contribution in [0.3, 0.4) is 0 Å². The Labute approximate surface area is 157 Å². The minimum atomic E-state index is -0.532. The van der Waals surface area contributed by atoms with Crippen LogP contribution in [0.25, 0.3) is 0 Å². The Bertz CT molecular complexity index is 598. The van der Waals surface area contributed by atoms with Crippen LogP contribution in [0.2, 0.25) is 0 Å². The van der Waals surface area contributed by atoms with E-state index in [-0.39, 0.29) is 18.4 Å². The number of rotatable bonds is 9. The summed E-state index contributed by atoms with van der Waals surface area (Å²) < 4.78 is 5.66. The lowest BCUT2D eigenvalue weighted by Gasteiger charge is -2.20. The van der Waals surface area contributed by atoms with Crippen molar-refractivity contribution in [2.24, 2.45) is 0 Å². The molecule has 2 atom stereocenters. The fourth-order valence-corrected chi connectivity index (χ4v) is 2.65. The molecule has 0 aromatic heterocycles. The maximum Gasteiger partial charge on any atom is 0.119 e. The molecule has 0 aliphatic heterocycles. The lowest BCUT2D eigenvalue weighted by atomic mass is 10.0. The van der Waals surface area contributed by atoms with E-state index in [4.69, 9.17) is 4.74 Å². The summed E-state index contributed by atoms with van der Waals surface area (Å²) in [6.45, 7) is 7.17. The van der Waals surface area contributed by atoms with Gasteiger partial charge in [0.2, 0.25) is 0 Å². The zero-order valence-corrected chi connectivity index (χ0v) is 16.2. The monoisotopic (exact) mass is 363 g/mol. The van der Waals surface area contributed by atoms with Crippen LogP contribution < -0.4 is 10.1 Å². The van der Waals surface area contributed by atoms with Crippen LogP contribution in [0.1, 0.15) is 43.0 Å². The van der Waals surface area contributed by atoms with E-state index in [0.717, 1.165) is 18.6 Å². The number of hydrogen-bond donors (Lipinski definition) is 2. The van der Waals surface area contributed by atoms with Crippen LogP contribution in [0.15, 0.2) is 48.5 Å². The van der Waals surface area contributed by atoms with E-state index in [2.05, 4.69) is 62.5 Å². The first-order chi connectivity index (χ1) is 11.6. The first kappa shape index (κ1) is 21.5. The largest absolute Gasteiger partial charge is 0.491 e. The molecular formula is C21H30ClNO2. The Morgan fingerprint density at radius 2 is 1.64 bits per heavy atom. The number of nitrogens with one attached hydrogen (secondary N) is 1. The van der Waals surface area contributed by atoms with E-state index >= 15 is 0 Å². The van der Waals surface area contributed by atoms with Gasteiger partial charge in [0.1, 0.15) is 18.5 Å². The molecule has 2 unspecified atom stereocenters. The van der Waals surface area contributed by atoms with Gasteiger partial charge in [-0.1, -0.05) is 55.8 Å². The van der Waals surface area contributed by atoms with Gasteiger partial charge in [-0.15, -0.1) is 12.4 Å². The highest BCUT2D eigenvalue weighted by molar-refractivity contribution is 5.85. The van der Waals surface area contributed by atoms with Gasteiger partial charge in [-0.05, 0) is 43.0 Å². The van der Waals surface area contributed by atoms with Crippen molar-refractivity contribution in [1.29, 1.82) is 0 Å². The quantitative estimate of drug-likeness (QED) is 0.691. The lowest BCUT2D eigenvalue weighted by molar-refractivity contribution is 0.103. The Morgan fingerprint density at radius 3 is 2.20 bits per heavy atom. The Morgan fingerprint density at radius 1 is 1.00 bits per heavy atom. The van der Waals surface area contributed by atoms with E-state index in [1.165, 1.54) is 16.7 Å². The van der Waals surface area contributed by atoms with Crippen molar-refractivity contribution >= 4 is 12.4 Å². The minimum absolute atomic E-state index is 0. The van der Waals surface area contributed by atoms with E-state index in [1.54, 1.807) is 0 Å². The second-order valence-electron chi connectivity index (χ2n) is 6.24. The lowest BCUT2D eigenvalue weighted by Crippen LogP contribution is -2.33. The molecule has 0 bridgehead atoms. The molecule has 2 N–H and O–H groups in total. The first-order valence-corrected chi connectivity index (χ1v) is 8.82. The van der Waals surface area contributed by atoms with Crippen molar-refractivity contribution in [3.05, 3.63) is 65.2 Å². The fraction of sp³-hybridized carbons (Fsp3) is 0.429. The summed E-state index contributed by atoms with van der Waals surface area (Å²) in [5, 5.41) is 13.6. The van der Waals surface area contributed by atoms with Gasteiger partial charge in [0.15, 0.2) is 0 Å². The van der Waals surface area contributed by atoms with E-state index < -0.39 is 6.10 Å². The number of halogens is 1. The molecule has 0 saturated heterocycles. The summed E-state index contributed by atoms with van der Waals surface area (Å²) in [7, 11) is 0. The molecule has 0 heterocycles. The molecule has 25 heavy (non-hydrogen) atoms. The van der Waals surface area contributed by atoms with Crippen molar-refractivity contribution < 1.29 is 9.84 Å². The van der Waals surface area contributed by atoms with Crippen molar-refractivity contribution in [3.8, 4) is 5.75 Å². The second kappa shape index (κ2) is 11.1. The molecule has 3 nitrogen and oxygen atoms in total. The molecule has 2 rings (SSSR count). The summed E-state index contributed by atoms with van der Waals surface area (Å²) >= 11 is 0. The number of ether oxygens (including phenoxy) is 1. The number of hydrogen-bond acceptors (Lipinski definition) is 3. The normalized spacial score (nSPS) is 13.0. The van der Waals surface area contributed by atoms with Crippen molar-refractivity contribution in [1.82, 2.24) is 5.32 Å². The summed E-state index contributed by atoms with van der Waals surface area (Å²) in [5.74, 6) is 0.803. The SMILES string of the molecule is CCc1ccc(OCC(O)CNC(CC)c2ccc(C)cc2)cc1.Cl. The van der Waals surface area contributed by atoms with Gasteiger partial charge in [-0.3, -0.25) is 0 Å². The van der Waals surface area contributed by atoms with Gasteiger partial charge in [-0.2, -0.15) is 0 Å². The third-order valence-corrected chi connectivity index (χ3v) is 4.26. The topological polar surface area (TPSA) is 41.5 Å². The summed E-state index contributed by atoms with van der Waals surface area (Å²) in [4.78, 5) is 0. The fourth-order valence-electron chi connectivity index (χ4n) is 2.65. The number of aryl methyl sites for hydroxylation is 2. The van der Waals surface area contributed by atoms with Crippen LogP contribution >= 0.6 is 12.4 Å². The Balaban J connectivity index is 0.00000312. The number of aliphatic hydroxyl groups excluding tert-OH is 1. The Kier molecular flexibility index (Phi) is 9.58. The molecule has 2 aromatic carbocycles. The average Bonchev–Trinajstić information content (AvgIpc) is 2.62. The molecule has 4 heteroatoms. The van der Waals surface area contributed by atoms with Crippen LogP contribution in [0, 0.1) is 6.92 Å². The molecule has 0 fully saturated rings. The predicted molar refractivity (Wildman–Crippen MR) is 107 cm³/mol. The minimum Gasteiger partial charge on any atom is -0.491 e. The molecule has 0 saturated carbocycles. The highest BCUT2D eigenvalue weighted by Gasteiger charge is 2.12. The molecule has 0 spiro atoms. The molecule has 0 radical (unpaired) electrons. The van der Waals surface area contributed by atoms with E-state index in [1.807, 2.05) is 12.1 Å². The van der Waals surface area contributed by atoms with Crippen molar-refractivity contribution in [3.63, 3.8) is 0 Å². The van der Waals surface area contributed by atoms with Crippen LogP contribution in [0.4, 0.5) is 0 Å². The van der Waals surface area contributed by atoms with Gasteiger partial charge in [0.25, 0.3) is 0 Å². The maximum absolute atomic E-state index is 10.2. The van der Waals surface area contributed by atoms with Crippen molar-refractivity contribution in [2.45, 2.75) is 45.8 Å². The zero-order valence-electron chi connectivity index (χ0n) is 15.4. The summed E-state index contributed by atoms with van der Waals surface area (Å²) in [6.07, 6.45) is 1.47. The Hall–Kier alpha value is -1.55. The molecule has 0 amide bonds. The average molecular weight is 364 g/mol. The highest BCUT2D eigenvalue weighted by Crippen LogP contribution is 2.17. The van der Waals surface area contributed by atoms with Crippen LogP contribution in [0.5, 0.6) is 5.75 Å². The van der Waals surface area contributed by atoms with Crippen LogP contribution in [-0.4, -0.2) is 24.4 Å². The number of aliphatic hydroxyl groups is 1. The molecule has 2 aromatic rings. The van der Waals surface area contributed by atoms with Gasteiger partial charge in [0.05, 0.1) is 0 Å². The maximum atomic E-state index is 10.2. The van der Waals surface area contributed by atoms with Crippen LogP contribution in [-0.2, 0) is 6.42 Å². The molecule has 0 aliphatic carbocycles. The highest BCUT2D eigenvalue weighted by atomic mass is 35.5. The van der Waals surface area contributed by atoms with Gasteiger partial charge in [-0.25, -0.2) is 0 Å². The van der Waals surface area contributed by atoms with Gasteiger partial charge in [0, 0.05) is 12.6 Å². The second-order valence-corrected chi connectivity index (χ2v) is 6.24. The van der Waals surface area contributed by atoms with Crippen molar-refractivity contribution in [2.75, 3.05) is 13.2 Å². The van der Waals surface area contributed by atoms with Gasteiger partial charge >= 0.3 is 0 Å². The third-order valence-electron chi connectivity index (χ3n) is 4.26. The molecular weight excluding hydrogens is 334 g/mol. The zero-order chi connectivity index (χ0) is 17.4. The van der Waals surface area contributed by atoms with Gasteiger partial charge < -0.3 is 15.2 Å². The number of benzene rings is 2. The predicted octanol–water partition coefficient (Wildman–Crippen LogP) is 4.46. The van der Waals surface area contributed by atoms with E-state index in [9.17, 15) is 5.11 Å². The van der Waals surface area contributed by atoms with E-state index in [0.29, 0.717) is 13.2 Å². The molecule has 138 valence electrons. The standard InChI is InChI=1S/C21H29NO2.ClH/c1-4-17-8-12-20(13-9-17)24-15-19(23)14-22-21(5-2)18-10-6-16(3)7-11-18;/h6-13,19,21-23H,4-5,14-15H2,1-3H3;1H. The molecule has 0 aliphatic rings. The summed E-state index contributed by atoms with van der Waals surface area (Å²) in [6, 6.07) is 16.8. The summed E-state index contributed by atoms with van der Waals surface area (Å²) in [5.41, 5.74) is 3.80. The first-order valence-electron chi connectivity index (χ1n) is 8.82. The third kappa shape index (κ3) is 7.07. The smallest absolute Gasteiger partial charge is 0.119 e.